The molecule has 0 saturated carbocycles. The highest BCUT2D eigenvalue weighted by atomic mass is 127. The van der Waals surface area contributed by atoms with Crippen LogP contribution >= 0.6 is 24.0 Å². The summed E-state index contributed by atoms with van der Waals surface area (Å²) < 4.78 is 5.70. The molecule has 0 saturated heterocycles. The van der Waals surface area contributed by atoms with Gasteiger partial charge in [-0.05, 0) is 30.2 Å². The lowest BCUT2D eigenvalue weighted by Gasteiger charge is -2.22. The third kappa shape index (κ3) is 4.37. The molecule has 3 rings (SSSR count). The number of nitrogens with zero attached hydrogens (tertiary/aromatic N) is 2. The van der Waals surface area contributed by atoms with Crippen LogP contribution < -0.4 is 15.0 Å². The van der Waals surface area contributed by atoms with Crippen LogP contribution in [0.3, 0.4) is 0 Å². The number of anilines is 1. The standard InChI is InChI=1S/C18H21N3O.HI/c1-19-18(20-12-14-22-16-8-3-2-4-9-16)21-13-11-15-7-5-6-10-17(15)21;/h2-10H,11-14H2,1H3,(H,19,20);1H. The highest BCUT2D eigenvalue weighted by Gasteiger charge is 2.21. The largest absolute Gasteiger partial charge is 0.492 e. The first kappa shape index (κ1) is 17.6. The quantitative estimate of drug-likeness (QED) is 0.355. The number of hydrogen-bond acceptors (Lipinski definition) is 2. The number of guanidine groups is 1. The molecule has 0 fully saturated rings. The summed E-state index contributed by atoms with van der Waals surface area (Å²) in [4.78, 5) is 6.62. The Bertz CT molecular complexity index is 646. The van der Waals surface area contributed by atoms with Gasteiger partial charge in [-0.25, -0.2) is 0 Å². The fourth-order valence-electron chi connectivity index (χ4n) is 2.70. The maximum atomic E-state index is 5.70. The monoisotopic (exact) mass is 423 g/mol. The fourth-order valence-corrected chi connectivity index (χ4v) is 2.70. The van der Waals surface area contributed by atoms with Gasteiger partial charge in [0.05, 0.1) is 6.54 Å². The van der Waals surface area contributed by atoms with Crippen LogP contribution in [-0.4, -0.2) is 32.7 Å². The van der Waals surface area contributed by atoms with Crippen LogP contribution in [0.2, 0.25) is 0 Å². The van der Waals surface area contributed by atoms with E-state index in [0.717, 1.165) is 31.2 Å². The SMILES string of the molecule is CN=C(NCCOc1ccccc1)N1CCc2ccccc21.I. The van der Waals surface area contributed by atoms with E-state index in [0.29, 0.717) is 6.61 Å². The number of para-hydroxylation sites is 2. The van der Waals surface area contributed by atoms with Gasteiger partial charge in [-0.1, -0.05) is 36.4 Å². The van der Waals surface area contributed by atoms with Gasteiger partial charge in [-0.15, -0.1) is 24.0 Å². The zero-order valence-corrected chi connectivity index (χ0v) is 15.6. The molecule has 4 nitrogen and oxygen atoms in total. The molecule has 0 bridgehead atoms. The summed E-state index contributed by atoms with van der Waals surface area (Å²) in [6.45, 7) is 2.30. The van der Waals surface area contributed by atoms with Gasteiger partial charge in [0.1, 0.15) is 12.4 Å². The Kier molecular flexibility index (Phi) is 6.70. The normalized spacial score (nSPS) is 13.3. The molecule has 5 heteroatoms. The van der Waals surface area contributed by atoms with Crippen LogP contribution in [0.15, 0.2) is 59.6 Å². The number of fused-ring (bicyclic) bond motifs is 1. The lowest BCUT2D eigenvalue weighted by molar-refractivity contribution is 0.322. The molecule has 1 heterocycles. The summed E-state index contributed by atoms with van der Waals surface area (Å²) in [7, 11) is 1.82. The average molecular weight is 423 g/mol. The second kappa shape index (κ2) is 8.76. The molecule has 0 amide bonds. The number of hydrogen-bond donors (Lipinski definition) is 1. The Morgan fingerprint density at radius 3 is 2.65 bits per heavy atom. The van der Waals surface area contributed by atoms with Crippen molar-refractivity contribution in [1.29, 1.82) is 0 Å². The number of halogens is 1. The van der Waals surface area contributed by atoms with E-state index in [-0.39, 0.29) is 24.0 Å². The van der Waals surface area contributed by atoms with Gasteiger partial charge in [0, 0.05) is 19.3 Å². The maximum Gasteiger partial charge on any atom is 0.198 e. The molecule has 1 N–H and O–H groups in total. The first-order valence-corrected chi connectivity index (χ1v) is 7.62. The smallest absolute Gasteiger partial charge is 0.198 e. The molecular formula is C18H22IN3O. The van der Waals surface area contributed by atoms with E-state index in [1.807, 2.05) is 37.4 Å². The Morgan fingerprint density at radius 1 is 1.13 bits per heavy atom. The van der Waals surface area contributed by atoms with E-state index in [1.165, 1.54) is 11.3 Å². The predicted molar refractivity (Wildman–Crippen MR) is 106 cm³/mol. The van der Waals surface area contributed by atoms with Crippen molar-refractivity contribution in [1.82, 2.24) is 5.32 Å². The minimum absolute atomic E-state index is 0. The second-order valence-corrected chi connectivity index (χ2v) is 5.17. The summed E-state index contributed by atoms with van der Waals surface area (Å²) in [6.07, 6.45) is 1.07. The van der Waals surface area contributed by atoms with E-state index in [1.54, 1.807) is 0 Å². The van der Waals surface area contributed by atoms with E-state index >= 15 is 0 Å². The van der Waals surface area contributed by atoms with Crippen LogP contribution in [0.4, 0.5) is 5.69 Å². The Labute approximate surface area is 154 Å². The lowest BCUT2D eigenvalue weighted by Crippen LogP contribution is -2.42. The van der Waals surface area contributed by atoms with Crippen LogP contribution in [0.25, 0.3) is 0 Å². The van der Waals surface area contributed by atoms with Crippen molar-refractivity contribution < 1.29 is 4.74 Å². The first-order chi connectivity index (χ1) is 10.9. The zero-order valence-electron chi connectivity index (χ0n) is 13.2. The molecule has 0 unspecified atom stereocenters. The molecule has 1 aliphatic rings. The third-order valence-corrected chi connectivity index (χ3v) is 3.75. The molecule has 0 aliphatic carbocycles. The van der Waals surface area contributed by atoms with Crippen LogP contribution in [0, 0.1) is 0 Å². The van der Waals surface area contributed by atoms with Crippen molar-refractivity contribution >= 4 is 35.6 Å². The maximum absolute atomic E-state index is 5.70. The fraction of sp³-hybridized carbons (Fsp3) is 0.278. The van der Waals surface area contributed by atoms with Crippen molar-refractivity contribution in [3.05, 3.63) is 60.2 Å². The molecule has 1 aliphatic heterocycles. The van der Waals surface area contributed by atoms with Crippen molar-refractivity contribution in [2.24, 2.45) is 4.99 Å². The summed E-state index contributed by atoms with van der Waals surface area (Å²) in [5.74, 6) is 1.80. The number of nitrogens with one attached hydrogen (secondary N) is 1. The summed E-state index contributed by atoms with van der Waals surface area (Å²) in [5, 5.41) is 3.37. The van der Waals surface area contributed by atoms with Crippen LogP contribution in [0.5, 0.6) is 5.75 Å². The summed E-state index contributed by atoms with van der Waals surface area (Å²) in [6, 6.07) is 18.4. The van der Waals surface area contributed by atoms with Gasteiger partial charge in [0.25, 0.3) is 0 Å². The number of benzene rings is 2. The van der Waals surface area contributed by atoms with E-state index in [4.69, 9.17) is 4.74 Å². The lowest BCUT2D eigenvalue weighted by atomic mass is 10.2. The Balaban J connectivity index is 0.00000192. The molecule has 0 aromatic heterocycles. The molecule has 2 aromatic rings. The zero-order chi connectivity index (χ0) is 15.2. The Morgan fingerprint density at radius 2 is 1.87 bits per heavy atom. The van der Waals surface area contributed by atoms with Crippen LogP contribution in [-0.2, 0) is 6.42 Å². The molecule has 0 spiro atoms. The molecule has 122 valence electrons. The first-order valence-electron chi connectivity index (χ1n) is 7.62. The average Bonchev–Trinajstić information content (AvgIpc) is 3.00. The highest BCUT2D eigenvalue weighted by molar-refractivity contribution is 14.0. The Hall–Kier alpha value is -1.76. The second-order valence-electron chi connectivity index (χ2n) is 5.17. The molecule has 23 heavy (non-hydrogen) atoms. The topological polar surface area (TPSA) is 36.9 Å². The minimum atomic E-state index is 0. The van der Waals surface area contributed by atoms with Gasteiger partial charge >= 0.3 is 0 Å². The third-order valence-electron chi connectivity index (χ3n) is 3.75. The van der Waals surface area contributed by atoms with E-state index < -0.39 is 0 Å². The number of rotatable bonds is 4. The predicted octanol–water partition coefficient (Wildman–Crippen LogP) is 3.32. The number of aliphatic imine (C=N–C) groups is 1. The van der Waals surface area contributed by atoms with Gasteiger partial charge in [0.2, 0.25) is 0 Å². The number of ether oxygens (including phenoxy) is 1. The van der Waals surface area contributed by atoms with Gasteiger partial charge < -0.3 is 15.0 Å². The molecule has 0 atom stereocenters. The summed E-state index contributed by atoms with van der Waals surface area (Å²) in [5.41, 5.74) is 2.63. The van der Waals surface area contributed by atoms with Crippen LogP contribution in [0.1, 0.15) is 5.56 Å². The van der Waals surface area contributed by atoms with Gasteiger partial charge in [-0.3, -0.25) is 4.99 Å². The molecule has 0 radical (unpaired) electrons. The van der Waals surface area contributed by atoms with Gasteiger partial charge in [0.15, 0.2) is 5.96 Å². The molecule has 2 aromatic carbocycles. The van der Waals surface area contributed by atoms with Crippen molar-refractivity contribution in [2.75, 3.05) is 31.6 Å². The van der Waals surface area contributed by atoms with Crippen molar-refractivity contribution in [3.8, 4) is 5.75 Å². The van der Waals surface area contributed by atoms with Crippen molar-refractivity contribution in [2.45, 2.75) is 6.42 Å². The van der Waals surface area contributed by atoms with E-state index in [9.17, 15) is 0 Å². The van der Waals surface area contributed by atoms with Crippen molar-refractivity contribution in [3.63, 3.8) is 0 Å². The minimum Gasteiger partial charge on any atom is -0.492 e. The summed E-state index contributed by atoms with van der Waals surface area (Å²) >= 11 is 0. The highest BCUT2D eigenvalue weighted by Crippen LogP contribution is 2.27. The molecular weight excluding hydrogens is 401 g/mol. The van der Waals surface area contributed by atoms with Gasteiger partial charge in [-0.2, -0.15) is 0 Å². The van der Waals surface area contributed by atoms with E-state index in [2.05, 4.69) is 39.5 Å².